The van der Waals surface area contributed by atoms with Gasteiger partial charge in [0, 0.05) is 28.5 Å². The third-order valence-electron chi connectivity index (χ3n) is 4.07. The van der Waals surface area contributed by atoms with Gasteiger partial charge < -0.3 is 15.8 Å². The number of pyridine rings is 1. The summed E-state index contributed by atoms with van der Waals surface area (Å²) in [6.07, 6.45) is -0.379. The topological polar surface area (TPSA) is 101 Å². The Morgan fingerprint density at radius 2 is 1.88 bits per heavy atom. The molecule has 3 rings (SSSR count). The van der Waals surface area contributed by atoms with Gasteiger partial charge in [-0.3, -0.25) is 15.2 Å². The number of halogens is 4. The monoisotopic (exact) mass is 504 g/mol. The molecule has 0 fully saturated rings. The standard InChI is InChI=1S/C22H16BrF3N4O2/c23-18-6-5-14(11-17(18)22(24,25)26)30-20(31)7-4-13-2-1-3-15(10-13)32-16-8-9-29-19(12-16)21(27)28/h1-12H,(H3,27,28)(H,30,31)/b7-4+. The van der Waals surface area contributed by atoms with Gasteiger partial charge in [0.2, 0.25) is 5.91 Å². The Labute approximate surface area is 189 Å². The third-order valence-corrected chi connectivity index (χ3v) is 4.76. The minimum atomic E-state index is -4.55. The zero-order valence-electron chi connectivity index (χ0n) is 16.3. The molecule has 6 nitrogen and oxygen atoms in total. The van der Waals surface area contributed by atoms with E-state index in [4.69, 9.17) is 15.9 Å². The Hall–Kier alpha value is -3.66. The van der Waals surface area contributed by atoms with Crippen molar-refractivity contribution in [2.45, 2.75) is 6.18 Å². The number of aromatic nitrogens is 1. The second-order valence-corrected chi connectivity index (χ2v) is 7.33. The predicted octanol–water partition coefficient (Wildman–Crippen LogP) is 5.59. The smallest absolute Gasteiger partial charge is 0.417 e. The SMILES string of the molecule is N=C(N)c1cc(Oc2cccc(/C=C/C(=O)Nc3ccc(Br)c(C(F)(F)F)c3)c2)ccn1. The van der Waals surface area contributed by atoms with Crippen molar-refractivity contribution in [2.75, 3.05) is 5.32 Å². The maximum Gasteiger partial charge on any atom is 0.417 e. The molecule has 0 spiro atoms. The molecule has 0 saturated carbocycles. The first-order valence-electron chi connectivity index (χ1n) is 9.06. The normalized spacial score (nSPS) is 11.4. The van der Waals surface area contributed by atoms with Gasteiger partial charge in [0.15, 0.2) is 0 Å². The van der Waals surface area contributed by atoms with Crippen molar-refractivity contribution in [3.05, 3.63) is 88.2 Å². The molecule has 1 amide bonds. The lowest BCUT2D eigenvalue weighted by molar-refractivity contribution is -0.138. The van der Waals surface area contributed by atoms with E-state index in [-0.39, 0.29) is 21.7 Å². The third kappa shape index (κ3) is 6.17. The second kappa shape index (κ2) is 9.65. The molecule has 2 aromatic carbocycles. The lowest BCUT2D eigenvalue weighted by Gasteiger charge is -2.11. The number of alkyl halides is 3. The number of carbonyl (C=O) groups excluding carboxylic acids is 1. The lowest BCUT2D eigenvalue weighted by Crippen LogP contribution is -2.12. The van der Waals surface area contributed by atoms with Crippen molar-refractivity contribution < 1.29 is 22.7 Å². The number of hydrogen-bond acceptors (Lipinski definition) is 4. The molecule has 164 valence electrons. The van der Waals surface area contributed by atoms with E-state index in [0.29, 0.717) is 17.1 Å². The number of nitrogen functional groups attached to an aromatic ring is 1. The van der Waals surface area contributed by atoms with Crippen LogP contribution in [0.2, 0.25) is 0 Å². The number of hydrogen-bond donors (Lipinski definition) is 3. The van der Waals surface area contributed by atoms with Gasteiger partial charge in [0.25, 0.3) is 0 Å². The van der Waals surface area contributed by atoms with Crippen LogP contribution in [0.15, 0.2) is 71.3 Å². The summed E-state index contributed by atoms with van der Waals surface area (Å²) in [7, 11) is 0. The van der Waals surface area contributed by atoms with E-state index >= 15 is 0 Å². The van der Waals surface area contributed by atoms with Crippen molar-refractivity contribution in [1.82, 2.24) is 4.98 Å². The largest absolute Gasteiger partial charge is 0.457 e. The molecule has 0 aliphatic heterocycles. The highest BCUT2D eigenvalue weighted by Gasteiger charge is 2.33. The average Bonchev–Trinajstić information content (AvgIpc) is 2.73. The van der Waals surface area contributed by atoms with Gasteiger partial charge in [-0.25, -0.2) is 0 Å². The highest BCUT2D eigenvalue weighted by atomic mass is 79.9. The molecule has 4 N–H and O–H groups in total. The van der Waals surface area contributed by atoms with Crippen LogP contribution in [0.3, 0.4) is 0 Å². The average molecular weight is 505 g/mol. The number of ether oxygens (including phenoxy) is 1. The first-order valence-corrected chi connectivity index (χ1v) is 9.85. The van der Waals surface area contributed by atoms with Gasteiger partial charge in [-0.1, -0.05) is 28.1 Å². The maximum absolute atomic E-state index is 13.0. The van der Waals surface area contributed by atoms with Crippen molar-refractivity contribution in [3.63, 3.8) is 0 Å². The van der Waals surface area contributed by atoms with Crippen LogP contribution in [0.4, 0.5) is 18.9 Å². The van der Waals surface area contributed by atoms with Crippen molar-refractivity contribution in [1.29, 1.82) is 5.41 Å². The van der Waals surface area contributed by atoms with Crippen LogP contribution in [0.5, 0.6) is 11.5 Å². The molecular formula is C22H16BrF3N4O2. The fourth-order valence-corrected chi connectivity index (χ4v) is 3.09. The molecule has 3 aromatic rings. The van der Waals surface area contributed by atoms with Gasteiger partial charge in [0.1, 0.15) is 23.0 Å². The molecule has 0 bridgehead atoms. The second-order valence-electron chi connectivity index (χ2n) is 6.48. The van der Waals surface area contributed by atoms with Gasteiger partial charge in [0.05, 0.1) is 5.56 Å². The van der Waals surface area contributed by atoms with E-state index in [2.05, 4.69) is 26.2 Å². The molecule has 0 atom stereocenters. The molecule has 0 saturated heterocycles. The van der Waals surface area contributed by atoms with E-state index < -0.39 is 17.6 Å². The zero-order chi connectivity index (χ0) is 23.3. The first kappa shape index (κ1) is 23.0. The zero-order valence-corrected chi connectivity index (χ0v) is 17.9. The minimum Gasteiger partial charge on any atom is -0.457 e. The van der Waals surface area contributed by atoms with Crippen LogP contribution in [-0.2, 0) is 11.0 Å². The Morgan fingerprint density at radius 1 is 1.12 bits per heavy atom. The summed E-state index contributed by atoms with van der Waals surface area (Å²) in [5.74, 6) is 0.119. The van der Waals surface area contributed by atoms with Gasteiger partial charge in [-0.05, 0) is 48.0 Å². The number of carbonyl (C=O) groups is 1. The van der Waals surface area contributed by atoms with Crippen LogP contribution < -0.4 is 15.8 Å². The van der Waals surface area contributed by atoms with E-state index in [1.807, 2.05) is 0 Å². The van der Waals surface area contributed by atoms with Crippen LogP contribution in [0.25, 0.3) is 6.08 Å². The quantitative estimate of drug-likeness (QED) is 0.231. The van der Waals surface area contributed by atoms with Crippen molar-refractivity contribution >= 4 is 39.4 Å². The van der Waals surface area contributed by atoms with E-state index in [1.165, 1.54) is 36.5 Å². The van der Waals surface area contributed by atoms with Crippen LogP contribution in [0.1, 0.15) is 16.8 Å². The number of benzene rings is 2. The summed E-state index contributed by atoms with van der Waals surface area (Å²) in [4.78, 5) is 16.1. The van der Waals surface area contributed by atoms with E-state index in [0.717, 1.165) is 6.07 Å². The molecule has 0 aliphatic carbocycles. The van der Waals surface area contributed by atoms with Gasteiger partial charge in [-0.15, -0.1) is 0 Å². The van der Waals surface area contributed by atoms with Crippen molar-refractivity contribution in [3.8, 4) is 11.5 Å². The van der Waals surface area contributed by atoms with Gasteiger partial charge in [-0.2, -0.15) is 13.2 Å². The van der Waals surface area contributed by atoms with Gasteiger partial charge >= 0.3 is 6.18 Å². The highest BCUT2D eigenvalue weighted by Crippen LogP contribution is 2.36. The molecule has 1 heterocycles. The molecule has 0 radical (unpaired) electrons. The number of rotatable bonds is 6. The fraction of sp³-hybridized carbons (Fsp3) is 0.0455. The molecular weight excluding hydrogens is 489 g/mol. The Bertz CT molecular complexity index is 1200. The van der Waals surface area contributed by atoms with Crippen LogP contribution >= 0.6 is 15.9 Å². The first-order chi connectivity index (χ1) is 15.1. The Kier molecular flexibility index (Phi) is 6.94. The molecule has 0 unspecified atom stereocenters. The lowest BCUT2D eigenvalue weighted by atomic mass is 10.2. The number of amides is 1. The molecule has 32 heavy (non-hydrogen) atoms. The predicted molar refractivity (Wildman–Crippen MR) is 119 cm³/mol. The molecule has 1 aromatic heterocycles. The minimum absolute atomic E-state index is 0.0196. The summed E-state index contributed by atoms with van der Waals surface area (Å²) in [5, 5.41) is 9.84. The number of anilines is 1. The number of nitrogens with two attached hydrogens (primary N) is 1. The number of amidine groups is 1. The summed E-state index contributed by atoms with van der Waals surface area (Å²) in [5.41, 5.74) is 5.46. The number of nitrogens with zero attached hydrogens (tertiary/aromatic N) is 1. The van der Waals surface area contributed by atoms with Crippen LogP contribution in [-0.4, -0.2) is 16.7 Å². The highest BCUT2D eigenvalue weighted by molar-refractivity contribution is 9.10. The maximum atomic E-state index is 13.0. The summed E-state index contributed by atoms with van der Waals surface area (Å²) < 4.78 is 44.6. The van der Waals surface area contributed by atoms with Crippen molar-refractivity contribution in [2.24, 2.45) is 5.73 Å². The Balaban J connectivity index is 1.69. The Morgan fingerprint density at radius 3 is 2.59 bits per heavy atom. The summed E-state index contributed by atoms with van der Waals surface area (Å²) in [6.45, 7) is 0. The van der Waals surface area contributed by atoms with Crippen LogP contribution in [0, 0.1) is 5.41 Å². The van der Waals surface area contributed by atoms with E-state index in [1.54, 1.807) is 30.3 Å². The number of nitrogens with one attached hydrogen (secondary N) is 2. The fourth-order valence-electron chi connectivity index (χ4n) is 2.62. The van der Waals surface area contributed by atoms with E-state index in [9.17, 15) is 18.0 Å². The molecule has 10 heteroatoms. The summed E-state index contributed by atoms with van der Waals surface area (Å²) >= 11 is 2.86. The summed E-state index contributed by atoms with van der Waals surface area (Å²) in [6, 6.07) is 13.4. The molecule has 0 aliphatic rings.